The second-order valence-corrected chi connectivity index (χ2v) is 7.42. The Morgan fingerprint density at radius 2 is 1.94 bits per heavy atom. The van der Waals surface area contributed by atoms with Crippen LogP contribution in [0.5, 0.6) is 11.6 Å². The first kappa shape index (κ1) is 20.7. The van der Waals surface area contributed by atoms with Crippen molar-refractivity contribution in [3.8, 4) is 11.6 Å². The van der Waals surface area contributed by atoms with E-state index < -0.39 is 0 Å². The van der Waals surface area contributed by atoms with Gasteiger partial charge in [-0.05, 0) is 40.8 Å². The third-order valence-corrected chi connectivity index (χ3v) is 5.17. The van der Waals surface area contributed by atoms with E-state index in [9.17, 15) is 0 Å². The van der Waals surface area contributed by atoms with Gasteiger partial charge in [-0.1, -0.05) is 42.5 Å². The number of rotatable bonds is 8. The van der Waals surface area contributed by atoms with E-state index >= 15 is 0 Å². The average molecular weight is 417 g/mol. The zero-order valence-corrected chi connectivity index (χ0v) is 17.8. The molecule has 2 N–H and O–H groups in total. The van der Waals surface area contributed by atoms with Gasteiger partial charge in [-0.25, -0.2) is 4.98 Å². The van der Waals surface area contributed by atoms with Crippen molar-refractivity contribution < 1.29 is 9.47 Å². The summed E-state index contributed by atoms with van der Waals surface area (Å²) in [6.45, 7) is 2.74. The minimum atomic E-state index is 0.503. The molecular formula is C25H28N4O2. The minimum Gasteiger partial charge on any atom is -0.493 e. The molecule has 0 saturated carbocycles. The highest BCUT2D eigenvalue weighted by Crippen LogP contribution is 2.25. The summed E-state index contributed by atoms with van der Waals surface area (Å²) < 4.78 is 11.4. The molecule has 0 amide bonds. The molecule has 1 aliphatic rings. The molecule has 160 valence electrons. The van der Waals surface area contributed by atoms with Crippen LogP contribution in [-0.2, 0) is 26.0 Å². The lowest BCUT2D eigenvalue weighted by atomic mass is 10.1. The van der Waals surface area contributed by atoms with Crippen LogP contribution in [0.15, 0.2) is 71.9 Å². The monoisotopic (exact) mass is 416 g/mol. The normalized spacial score (nSPS) is 12.7. The Labute approximate surface area is 183 Å². The number of pyridine rings is 1. The zero-order valence-electron chi connectivity index (χ0n) is 17.8. The highest BCUT2D eigenvalue weighted by Gasteiger charge is 2.11. The van der Waals surface area contributed by atoms with E-state index in [0.29, 0.717) is 19.0 Å². The number of benzene rings is 2. The van der Waals surface area contributed by atoms with Crippen molar-refractivity contribution in [2.45, 2.75) is 26.0 Å². The summed E-state index contributed by atoms with van der Waals surface area (Å²) in [4.78, 5) is 8.62. The topological polar surface area (TPSA) is 67.8 Å². The quantitative estimate of drug-likeness (QED) is 0.435. The van der Waals surface area contributed by atoms with E-state index in [1.54, 1.807) is 13.2 Å². The van der Waals surface area contributed by atoms with Crippen molar-refractivity contribution >= 4 is 5.96 Å². The van der Waals surface area contributed by atoms with Crippen LogP contribution in [0.3, 0.4) is 0 Å². The predicted octanol–water partition coefficient (Wildman–Crippen LogP) is 3.50. The molecule has 0 aliphatic carbocycles. The number of guanidine groups is 1. The van der Waals surface area contributed by atoms with Crippen molar-refractivity contribution in [3.63, 3.8) is 0 Å². The molecule has 0 radical (unpaired) electrons. The number of ether oxygens (including phenoxy) is 2. The van der Waals surface area contributed by atoms with Crippen LogP contribution in [0, 0.1) is 0 Å². The van der Waals surface area contributed by atoms with E-state index in [4.69, 9.17) is 9.47 Å². The first-order valence-electron chi connectivity index (χ1n) is 10.6. The number of hydrogen-bond acceptors (Lipinski definition) is 4. The fourth-order valence-corrected chi connectivity index (χ4v) is 3.50. The molecule has 2 heterocycles. The van der Waals surface area contributed by atoms with Gasteiger partial charge in [0.2, 0.25) is 5.88 Å². The molecule has 4 rings (SSSR count). The SMILES string of the molecule is CN=C(NCCc1ccc2c(c1)CCO2)NCc1ccnc(OCc2ccccc2)c1. The first-order valence-corrected chi connectivity index (χ1v) is 10.6. The molecule has 1 aromatic heterocycles. The van der Waals surface area contributed by atoms with Crippen molar-refractivity contribution in [1.82, 2.24) is 15.6 Å². The fourth-order valence-electron chi connectivity index (χ4n) is 3.50. The summed E-state index contributed by atoms with van der Waals surface area (Å²) >= 11 is 0. The smallest absolute Gasteiger partial charge is 0.213 e. The largest absolute Gasteiger partial charge is 0.493 e. The van der Waals surface area contributed by atoms with Gasteiger partial charge in [0.1, 0.15) is 12.4 Å². The molecule has 0 unspecified atom stereocenters. The van der Waals surface area contributed by atoms with Crippen molar-refractivity contribution in [2.75, 3.05) is 20.2 Å². The maximum atomic E-state index is 5.82. The van der Waals surface area contributed by atoms with Crippen LogP contribution in [0.1, 0.15) is 22.3 Å². The predicted molar refractivity (Wildman–Crippen MR) is 123 cm³/mol. The molecule has 1 aliphatic heterocycles. The molecule has 0 fully saturated rings. The van der Waals surface area contributed by atoms with E-state index in [0.717, 1.165) is 48.8 Å². The van der Waals surface area contributed by atoms with E-state index in [1.165, 1.54) is 11.1 Å². The first-order chi connectivity index (χ1) is 15.3. The summed E-state index contributed by atoms with van der Waals surface area (Å²) in [7, 11) is 1.78. The minimum absolute atomic E-state index is 0.503. The lowest BCUT2D eigenvalue weighted by molar-refractivity contribution is 0.293. The maximum Gasteiger partial charge on any atom is 0.213 e. The molecule has 0 bridgehead atoms. The zero-order chi connectivity index (χ0) is 21.3. The van der Waals surface area contributed by atoms with Crippen molar-refractivity contribution in [3.05, 3.63) is 89.1 Å². The lowest BCUT2D eigenvalue weighted by Crippen LogP contribution is -2.37. The van der Waals surface area contributed by atoms with Crippen molar-refractivity contribution in [1.29, 1.82) is 0 Å². The fraction of sp³-hybridized carbons (Fsp3) is 0.280. The summed E-state index contributed by atoms with van der Waals surface area (Å²) in [5.74, 6) is 2.42. The van der Waals surface area contributed by atoms with Crippen LogP contribution in [0.4, 0.5) is 0 Å². The van der Waals surface area contributed by atoms with Gasteiger partial charge < -0.3 is 20.1 Å². The molecule has 6 heteroatoms. The van der Waals surface area contributed by atoms with Gasteiger partial charge in [-0.15, -0.1) is 0 Å². The molecule has 0 atom stereocenters. The van der Waals surface area contributed by atoms with E-state index in [1.807, 2.05) is 42.5 Å². The third-order valence-electron chi connectivity index (χ3n) is 5.17. The number of fused-ring (bicyclic) bond motifs is 1. The Hall–Kier alpha value is -3.54. The van der Waals surface area contributed by atoms with Crippen LogP contribution >= 0.6 is 0 Å². The van der Waals surface area contributed by atoms with Gasteiger partial charge in [0.05, 0.1) is 6.61 Å². The summed E-state index contributed by atoms with van der Waals surface area (Å²) in [6.07, 6.45) is 3.70. The number of nitrogens with one attached hydrogen (secondary N) is 2. The summed E-state index contributed by atoms with van der Waals surface area (Å²) in [5, 5.41) is 6.73. The molecule has 31 heavy (non-hydrogen) atoms. The molecule has 0 spiro atoms. The Kier molecular flexibility index (Phi) is 7.00. The number of hydrogen-bond donors (Lipinski definition) is 2. The van der Waals surface area contributed by atoms with E-state index in [-0.39, 0.29) is 0 Å². The second-order valence-electron chi connectivity index (χ2n) is 7.42. The Morgan fingerprint density at radius 3 is 2.81 bits per heavy atom. The summed E-state index contributed by atoms with van der Waals surface area (Å²) in [5.41, 5.74) is 4.82. The average Bonchev–Trinajstić information content (AvgIpc) is 3.29. The van der Waals surface area contributed by atoms with Crippen molar-refractivity contribution in [2.24, 2.45) is 4.99 Å². The number of aliphatic imine (C=N–C) groups is 1. The molecule has 2 aromatic carbocycles. The summed E-state index contributed by atoms with van der Waals surface area (Å²) in [6, 6.07) is 20.5. The lowest BCUT2D eigenvalue weighted by Gasteiger charge is -2.13. The van der Waals surface area contributed by atoms with Gasteiger partial charge in [-0.3, -0.25) is 4.99 Å². The van der Waals surface area contributed by atoms with Gasteiger partial charge in [-0.2, -0.15) is 0 Å². The van der Waals surface area contributed by atoms with Crippen LogP contribution < -0.4 is 20.1 Å². The Bertz CT molecular complexity index is 1020. The molecule has 6 nitrogen and oxygen atoms in total. The molecule has 3 aromatic rings. The Balaban J connectivity index is 1.23. The number of nitrogens with zero attached hydrogens (tertiary/aromatic N) is 2. The highest BCUT2D eigenvalue weighted by atomic mass is 16.5. The third kappa shape index (κ3) is 5.98. The van der Waals surface area contributed by atoms with E-state index in [2.05, 4.69) is 38.8 Å². The number of aromatic nitrogens is 1. The molecular weight excluding hydrogens is 388 g/mol. The Morgan fingerprint density at radius 1 is 1.03 bits per heavy atom. The van der Waals surface area contributed by atoms with Gasteiger partial charge >= 0.3 is 0 Å². The van der Waals surface area contributed by atoms with Crippen LogP contribution in [0.25, 0.3) is 0 Å². The standard InChI is InChI=1S/C25H28N4O2/c1-26-25(28-13-9-19-7-8-23-22(15-19)11-14-30-23)29-17-21-10-12-27-24(16-21)31-18-20-5-3-2-4-6-20/h2-8,10,12,15-16H,9,11,13-14,17-18H2,1H3,(H2,26,28,29). The van der Waals surface area contributed by atoms with Gasteiger partial charge in [0.15, 0.2) is 5.96 Å². The highest BCUT2D eigenvalue weighted by molar-refractivity contribution is 5.79. The van der Waals surface area contributed by atoms with Gasteiger partial charge in [0, 0.05) is 38.8 Å². The molecule has 0 saturated heterocycles. The van der Waals surface area contributed by atoms with Crippen LogP contribution in [-0.4, -0.2) is 31.1 Å². The van der Waals surface area contributed by atoms with Gasteiger partial charge in [0.25, 0.3) is 0 Å². The second kappa shape index (κ2) is 10.5. The van der Waals surface area contributed by atoms with Crippen LogP contribution in [0.2, 0.25) is 0 Å². The maximum absolute atomic E-state index is 5.82.